The molecular weight excluding hydrogens is 332 g/mol. The minimum absolute atomic E-state index is 0.0312. The average molecular weight is 350 g/mol. The topological polar surface area (TPSA) is 61.2 Å². The van der Waals surface area contributed by atoms with E-state index >= 15 is 0 Å². The molecule has 0 aromatic carbocycles. The van der Waals surface area contributed by atoms with Gasteiger partial charge >= 0.3 is 5.97 Å². The van der Waals surface area contributed by atoms with E-state index in [9.17, 15) is 9.59 Å². The zero-order valence-electron chi connectivity index (χ0n) is 13.0. The molecule has 1 aliphatic heterocycles. The summed E-state index contributed by atoms with van der Waals surface area (Å²) in [4.78, 5) is 31.8. The summed E-state index contributed by atoms with van der Waals surface area (Å²) in [6, 6.07) is -0.141. The van der Waals surface area contributed by atoms with E-state index in [2.05, 4.69) is 0 Å². The van der Waals surface area contributed by atoms with E-state index in [4.69, 9.17) is 9.72 Å². The van der Waals surface area contributed by atoms with E-state index in [-0.39, 0.29) is 24.0 Å². The molecule has 0 spiro atoms. The van der Waals surface area contributed by atoms with Crippen molar-refractivity contribution in [3.63, 3.8) is 0 Å². The first-order valence-electron chi connectivity index (χ1n) is 8.04. The van der Waals surface area contributed by atoms with Gasteiger partial charge in [0.05, 0.1) is 24.5 Å². The van der Waals surface area contributed by atoms with Crippen molar-refractivity contribution in [3.05, 3.63) is 20.8 Å². The summed E-state index contributed by atoms with van der Waals surface area (Å²) in [6.07, 6.45) is 4.61. The van der Waals surface area contributed by atoms with Gasteiger partial charge in [0, 0.05) is 10.6 Å². The van der Waals surface area contributed by atoms with Crippen LogP contribution in [0, 0.1) is 0 Å². The fraction of sp³-hybridized carbons (Fsp3) is 0.562. The summed E-state index contributed by atoms with van der Waals surface area (Å²) < 4.78 is 6.77. The van der Waals surface area contributed by atoms with Gasteiger partial charge in [-0.05, 0) is 38.2 Å². The summed E-state index contributed by atoms with van der Waals surface area (Å²) in [5, 5.41) is 1.54. The highest BCUT2D eigenvalue weighted by Gasteiger charge is 2.31. The Morgan fingerprint density at radius 2 is 2.22 bits per heavy atom. The van der Waals surface area contributed by atoms with Crippen LogP contribution in [-0.2, 0) is 22.4 Å². The zero-order valence-corrected chi connectivity index (χ0v) is 14.6. The van der Waals surface area contributed by atoms with Crippen LogP contribution in [0.15, 0.2) is 9.95 Å². The lowest BCUT2D eigenvalue weighted by molar-refractivity contribution is -0.143. The van der Waals surface area contributed by atoms with Crippen LogP contribution in [0.3, 0.4) is 0 Å². The Morgan fingerprint density at radius 1 is 1.39 bits per heavy atom. The number of carbonyl (C=O) groups is 1. The lowest BCUT2D eigenvalue weighted by Gasteiger charge is -2.13. The summed E-state index contributed by atoms with van der Waals surface area (Å²) in [6.45, 7) is 2.17. The Bertz CT molecular complexity index is 840. The van der Waals surface area contributed by atoms with Crippen molar-refractivity contribution >= 4 is 39.3 Å². The molecule has 1 atom stereocenters. The molecule has 7 heteroatoms. The largest absolute Gasteiger partial charge is 0.466 e. The average Bonchev–Trinajstić information content (AvgIpc) is 3.09. The van der Waals surface area contributed by atoms with Crippen molar-refractivity contribution in [2.75, 3.05) is 12.4 Å². The lowest BCUT2D eigenvalue weighted by atomic mass is 9.97. The summed E-state index contributed by atoms with van der Waals surface area (Å²) in [5.74, 6) is 0.464. The third-order valence-corrected chi connectivity index (χ3v) is 6.75. The third-order valence-electron chi connectivity index (χ3n) is 4.47. The van der Waals surface area contributed by atoms with Crippen molar-refractivity contribution in [1.82, 2.24) is 9.55 Å². The molecule has 0 radical (unpaired) electrons. The highest BCUT2D eigenvalue weighted by molar-refractivity contribution is 7.99. The maximum atomic E-state index is 13.1. The Balaban J connectivity index is 1.80. The van der Waals surface area contributed by atoms with Gasteiger partial charge in [-0.3, -0.25) is 14.2 Å². The van der Waals surface area contributed by atoms with Crippen LogP contribution < -0.4 is 5.56 Å². The van der Waals surface area contributed by atoms with Crippen molar-refractivity contribution in [2.24, 2.45) is 0 Å². The molecule has 0 saturated carbocycles. The van der Waals surface area contributed by atoms with E-state index in [1.165, 1.54) is 16.9 Å². The number of carbonyl (C=O) groups excluding carboxylic acids is 1. The number of rotatable bonds is 3. The molecular formula is C16H18N2O3S2. The SMILES string of the molecule is CCOC(=O)CC1CSc2nc3sc4c(c3c(=O)n21)CCCC4. The minimum Gasteiger partial charge on any atom is -0.466 e. The van der Waals surface area contributed by atoms with Gasteiger partial charge in [0.15, 0.2) is 5.16 Å². The lowest BCUT2D eigenvalue weighted by Crippen LogP contribution is -2.27. The molecule has 0 bridgehead atoms. The van der Waals surface area contributed by atoms with Crippen LogP contribution in [-0.4, -0.2) is 27.9 Å². The van der Waals surface area contributed by atoms with Crippen molar-refractivity contribution < 1.29 is 9.53 Å². The Hall–Kier alpha value is -1.34. The number of nitrogens with zero attached hydrogens (tertiary/aromatic N) is 2. The predicted octanol–water partition coefficient (Wildman–Crippen LogP) is 2.94. The Kier molecular flexibility index (Phi) is 3.93. The van der Waals surface area contributed by atoms with Crippen LogP contribution >= 0.6 is 23.1 Å². The van der Waals surface area contributed by atoms with Gasteiger partial charge < -0.3 is 4.74 Å². The number of fused-ring (bicyclic) bond motifs is 4. The summed E-state index contributed by atoms with van der Waals surface area (Å²) in [5.41, 5.74) is 1.24. The van der Waals surface area contributed by atoms with Gasteiger partial charge in [-0.2, -0.15) is 0 Å². The molecule has 0 fully saturated rings. The second-order valence-electron chi connectivity index (χ2n) is 5.93. The predicted molar refractivity (Wildman–Crippen MR) is 91.5 cm³/mol. The fourth-order valence-electron chi connectivity index (χ4n) is 3.43. The van der Waals surface area contributed by atoms with Gasteiger partial charge in [0.1, 0.15) is 4.83 Å². The van der Waals surface area contributed by atoms with E-state index in [1.54, 1.807) is 34.6 Å². The Morgan fingerprint density at radius 3 is 3.04 bits per heavy atom. The van der Waals surface area contributed by atoms with E-state index in [1.807, 2.05) is 0 Å². The molecule has 23 heavy (non-hydrogen) atoms. The minimum atomic E-state index is -0.245. The molecule has 0 saturated heterocycles. The molecule has 1 aliphatic carbocycles. The van der Waals surface area contributed by atoms with Crippen molar-refractivity contribution in [3.8, 4) is 0 Å². The Labute approximate surface area is 142 Å². The molecule has 5 nitrogen and oxygen atoms in total. The standard InChI is InChI=1S/C16H18N2O3S2/c1-2-21-12(19)7-9-8-22-16-17-14-13(15(20)18(9)16)10-5-3-4-6-11(10)23-14/h9H,2-8H2,1H3. The number of hydrogen-bond acceptors (Lipinski definition) is 6. The zero-order chi connectivity index (χ0) is 16.0. The van der Waals surface area contributed by atoms with Crippen molar-refractivity contribution in [2.45, 2.75) is 50.2 Å². The molecule has 2 aliphatic rings. The highest BCUT2D eigenvalue weighted by atomic mass is 32.2. The first-order valence-corrected chi connectivity index (χ1v) is 9.84. The van der Waals surface area contributed by atoms with E-state index < -0.39 is 0 Å². The van der Waals surface area contributed by atoms with E-state index in [0.717, 1.165) is 34.6 Å². The molecule has 122 valence electrons. The highest BCUT2D eigenvalue weighted by Crippen LogP contribution is 2.38. The molecule has 2 aromatic rings. The second-order valence-corrected chi connectivity index (χ2v) is 8.01. The third kappa shape index (κ3) is 2.50. The van der Waals surface area contributed by atoms with Crippen molar-refractivity contribution in [1.29, 1.82) is 0 Å². The maximum Gasteiger partial charge on any atom is 0.307 e. The first-order chi connectivity index (χ1) is 11.2. The van der Waals surface area contributed by atoms with Gasteiger partial charge in [-0.1, -0.05) is 11.8 Å². The van der Waals surface area contributed by atoms with Gasteiger partial charge in [-0.25, -0.2) is 4.98 Å². The number of aryl methyl sites for hydroxylation is 2. The maximum absolute atomic E-state index is 13.1. The summed E-state index contributed by atoms with van der Waals surface area (Å²) in [7, 11) is 0. The van der Waals surface area contributed by atoms with E-state index in [0.29, 0.717) is 12.4 Å². The smallest absolute Gasteiger partial charge is 0.307 e. The molecule has 0 N–H and O–H groups in total. The van der Waals surface area contributed by atoms with Gasteiger partial charge in [0.2, 0.25) is 0 Å². The normalized spacial score (nSPS) is 19.6. The number of thioether (sulfide) groups is 1. The molecule has 0 amide bonds. The van der Waals surface area contributed by atoms with Crippen LogP contribution in [0.25, 0.3) is 10.2 Å². The fourth-order valence-corrected chi connectivity index (χ4v) is 5.88. The second kappa shape index (κ2) is 5.94. The first kappa shape index (κ1) is 15.2. The number of aromatic nitrogens is 2. The number of ether oxygens (including phenoxy) is 1. The van der Waals surface area contributed by atoms with Gasteiger partial charge in [0.25, 0.3) is 5.56 Å². The molecule has 2 aromatic heterocycles. The van der Waals surface area contributed by atoms with Crippen LogP contribution in [0.5, 0.6) is 0 Å². The quantitative estimate of drug-likeness (QED) is 0.629. The number of esters is 1. The number of hydrogen-bond donors (Lipinski definition) is 0. The summed E-state index contributed by atoms with van der Waals surface area (Å²) >= 11 is 3.24. The molecule has 4 rings (SSSR count). The molecule has 3 heterocycles. The van der Waals surface area contributed by atoms with Crippen LogP contribution in [0.1, 0.15) is 42.7 Å². The molecule has 1 unspecified atom stereocenters. The van der Waals surface area contributed by atoms with Crippen LogP contribution in [0.2, 0.25) is 0 Å². The number of thiophene rings is 1. The monoisotopic (exact) mass is 350 g/mol. The van der Waals surface area contributed by atoms with Gasteiger partial charge in [-0.15, -0.1) is 11.3 Å². The van der Waals surface area contributed by atoms with Crippen LogP contribution in [0.4, 0.5) is 0 Å².